The van der Waals surface area contributed by atoms with Crippen LogP contribution in [0.25, 0.3) is 0 Å². The van der Waals surface area contributed by atoms with Crippen molar-refractivity contribution >= 4 is 11.5 Å². The molecule has 1 N–H and O–H groups in total. The highest BCUT2D eigenvalue weighted by molar-refractivity contribution is 5.56. The molecule has 2 rings (SSSR count). The highest BCUT2D eigenvalue weighted by atomic mass is 19.1. The quantitative estimate of drug-likeness (QED) is 0.857. The molecule has 1 aromatic heterocycles. The van der Waals surface area contributed by atoms with E-state index < -0.39 is 0 Å². The average molecular weight is 228 g/mol. The molecule has 5 heteroatoms. The van der Waals surface area contributed by atoms with E-state index in [9.17, 15) is 4.39 Å². The van der Waals surface area contributed by atoms with E-state index in [0.717, 1.165) is 0 Å². The van der Waals surface area contributed by atoms with E-state index in [-0.39, 0.29) is 11.5 Å². The number of aryl methyl sites for hydroxylation is 1. The first kappa shape index (κ1) is 11.0. The first-order valence-corrected chi connectivity index (χ1v) is 4.96. The zero-order chi connectivity index (χ0) is 12.3. The van der Waals surface area contributed by atoms with Crippen molar-refractivity contribution in [1.82, 2.24) is 9.97 Å². The Hall–Kier alpha value is -2.48. The highest BCUT2D eigenvalue weighted by Gasteiger charge is 2.02. The number of anilines is 2. The fraction of sp³-hybridized carbons (Fsp3) is 0.0833. The molecule has 2 aromatic rings. The molecule has 0 spiro atoms. The Labute approximate surface area is 97.8 Å². The van der Waals surface area contributed by atoms with Gasteiger partial charge in [0.1, 0.15) is 29.2 Å². The first-order valence-electron chi connectivity index (χ1n) is 4.96. The number of hydrogen-bond acceptors (Lipinski definition) is 4. The Morgan fingerprint density at radius 2 is 2.12 bits per heavy atom. The van der Waals surface area contributed by atoms with Gasteiger partial charge in [-0.2, -0.15) is 5.26 Å². The van der Waals surface area contributed by atoms with Crippen molar-refractivity contribution in [3.05, 3.63) is 47.7 Å². The molecule has 0 amide bonds. The number of hydrogen-bond donors (Lipinski definition) is 1. The van der Waals surface area contributed by atoms with Crippen molar-refractivity contribution in [3.8, 4) is 6.07 Å². The van der Waals surface area contributed by atoms with Crippen molar-refractivity contribution in [2.45, 2.75) is 6.92 Å². The second-order valence-electron chi connectivity index (χ2n) is 3.43. The summed E-state index contributed by atoms with van der Waals surface area (Å²) in [7, 11) is 0. The second-order valence-corrected chi connectivity index (χ2v) is 3.43. The lowest BCUT2D eigenvalue weighted by atomic mass is 10.3. The summed E-state index contributed by atoms with van der Waals surface area (Å²) in [6, 6.07) is 9.47. The summed E-state index contributed by atoms with van der Waals surface area (Å²) in [5.74, 6) is 0.629. The average Bonchev–Trinajstić information content (AvgIpc) is 2.28. The molecule has 0 saturated carbocycles. The molecule has 17 heavy (non-hydrogen) atoms. The van der Waals surface area contributed by atoms with Crippen molar-refractivity contribution in [2.75, 3.05) is 5.32 Å². The van der Waals surface area contributed by atoms with Gasteiger partial charge < -0.3 is 5.32 Å². The molecule has 0 fully saturated rings. The SMILES string of the molecule is Cc1nc(C#N)cc(Nc2cccc(F)c2)n1. The lowest BCUT2D eigenvalue weighted by molar-refractivity contribution is 0.628. The van der Waals surface area contributed by atoms with Crippen LogP contribution in [0, 0.1) is 24.1 Å². The zero-order valence-corrected chi connectivity index (χ0v) is 9.11. The van der Waals surface area contributed by atoms with Gasteiger partial charge in [-0.3, -0.25) is 0 Å². The third kappa shape index (κ3) is 2.75. The number of halogens is 1. The van der Waals surface area contributed by atoms with E-state index in [1.807, 2.05) is 6.07 Å². The Kier molecular flexibility index (Phi) is 2.97. The van der Waals surface area contributed by atoms with Crippen LogP contribution in [0.1, 0.15) is 11.5 Å². The monoisotopic (exact) mass is 228 g/mol. The maximum atomic E-state index is 13.0. The molecule has 1 aromatic carbocycles. The molecule has 0 atom stereocenters. The van der Waals surface area contributed by atoms with Gasteiger partial charge >= 0.3 is 0 Å². The Balaban J connectivity index is 2.30. The molecular formula is C12H9FN4. The first-order chi connectivity index (χ1) is 8.17. The second kappa shape index (κ2) is 4.58. The molecule has 4 nitrogen and oxygen atoms in total. The third-order valence-electron chi connectivity index (χ3n) is 2.05. The zero-order valence-electron chi connectivity index (χ0n) is 9.11. The smallest absolute Gasteiger partial charge is 0.146 e. The number of nitrogens with zero attached hydrogens (tertiary/aromatic N) is 3. The maximum Gasteiger partial charge on any atom is 0.146 e. The molecule has 0 saturated heterocycles. The summed E-state index contributed by atoms with van der Waals surface area (Å²) >= 11 is 0. The molecule has 0 aliphatic heterocycles. The molecule has 0 radical (unpaired) electrons. The fourth-order valence-corrected chi connectivity index (χ4v) is 1.40. The summed E-state index contributed by atoms with van der Waals surface area (Å²) in [5, 5.41) is 11.7. The van der Waals surface area contributed by atoms with Crippen LogP contribution in [-0.2, 0) is 0 Å². The molecule has 1 heterocycles. The molecule has 0 bridgehead atoms. The summed E-state index contributed by atoms with van der Waals surface area (Å²) in [5.41, 5.74) is 0.850. The van der Waals surface area contributed by atoms with Crippen molar-refractivity contribution in [1.29, 1.82) is 5.26 Å². The molecule has 0 aliphatic carbocycles. The number of aromatic nitrogens is 2. The van der Waals surface area contributed by atoms with Crippen molar-refractivity contribution in [2.24, 2.45) is 0 Å². The topological polar surface area (TPSA) is 61.6 Å². The standard InChI is InChI=1S/C12H9FN4/c1-8-15-11(7-14)6-12(16-8)17-10-4-2-3-9(13)5-10/h2-6H,1H3,(H,15,16,17). The summed E-state index contributed by atoms with van der Waals surface area (Å²) in [4.78, 5) is 8.04. The van der Waals surface area contributed by atoms with Gasteiger partial charge in [0.15, 0.2) is 0 Å². The van der Waals surface area contributed by atoms with Gasteiger partial charge in [-0.1, -0.05) is 6.07 Å². The lowest BCUT2D eigenvalue weighted by Gasteiger charge is -2.06. The molecule has 84 valence electrons. The van der Waals surface area contributed by atoms with Crippen LogP contribution in [0.4, 0.5) is 15.9 Å². The minimum atomic E-state index is -0.332. The van der Waals surface area contributed by atoms with Crippen molar-refractivity contribution in [3.63, 3.8) is 0 Å². The third-order valence-corrected chi connectivity index (χ3v) is 2.05. The molecule has 0 unspecified atom stereocenters. The van der Waals surface area contributed by atoms with Gasteiger partial charge in [0, 0.05) is 11.8 Å². The van der Waals surface area contributed by atoms with Crippen molar-refractivity contribution < 1.29 is 4.39 Å². The molecule has 0 aliphatic rings. The predicted octanol–water partition coefficient (Wildman–Crippen LogP) is 2.54. The van der Waals surface area contributed by atoms with E-state index in [1.165, 1.54) is 18.2 Å². The van der Waals surface area contributed by atoms with E-state index >= 15 is 0 Å². The van der Waals surface area contributed by atoms with Gasteiger partial charge in [0.2, 0.25) is 0 Å². The van der Waals surface area contributed by atoms with Gasteiger partial charge in [0.25, 0.3) is 0 Å². The maximum absolute atomic E-state index is 13.0. The van der Waals surface area contributed by atoms with Gasteiger partial charge in [-0.25, -0.2) is 14.4 Å². The highest BCUT2D eigenvalue weighted by Crippen LogP contribution is 2.16. The van der Waals surface area contributed by atoms with E-state index in [2.05, 4.69) is 15.3 Å². The predicted molar refractivity (Wildman–Crippen MR) is 61.2 cm³/mol. The summed E-state index contributed by atoms with van der Waals surface area (Å²) in [6.07, 6.45) is 0. The van der Waals surface area contributed by atoms with E-state index in [0.29, 0.717) is 17.3 Å². The minimum absolute atomic E-state index is 0.274. The van der Waals surface area contributed by atoms with Crippen LogP contribution >= 0.6 is 0 Å². The number of nitriles is 1. The van der Waals surface area contributed by atoms with Crippen LogP contribution in [0.15, 0.2) is 30.3 Å². The Morgan fingerprint density at radius 1 is 1.29 bits per heavy atom. The number of rotatable bonds is 2. The minimum Gasteiger partial charge on any atom is -0.340 e. The number of benzene rings is 1. The van der Waals surface area contributed by atoms with Crippen LogP contribution in [0.5, 0.6) is 0 Å². The normalized spacial score (nSPS) is 9.71. The summed E-state index contributed by atoms with van der Waals surface area (Å²) < 4.78 is 13.0. The van der Waals surface area contributed by atoms with Gasteiger partial charge in [-0.05, 0) is 25.1 Å². The van der Waals surface area contributed by atoms with Crippen LogP contribution in [0.2, 0.25) is 0 Å². The van der Waals surface area contributed by atoms with Gasteiger partial charge in [0.05, 0.1) is 0 Å². The lowest BCUT2D eigenvalue weighted by Crippen LogP contribution is -1.99. The van der Waals surface area contributed by atoms with Crippen LogP contribution in [0.3, 0.4) is 0 Å². The molecular weight excluding hydrogens is 219 g/mol. The van der Waals surface area contributed by atoms with Crippen LogP contribution in [-0.4, -0.2) is 9.97 Å². The van der Waals surface area contributed by atoms with Crippen LogP contribution < -0.4 is 5.32 Å². The summed E-state index contributed by atoms with van der Waals surface area (Å²) in [6.45, 7) is 1.69. The van der Waals surface area contributed by atoms with E-state index in [4.69, 9.17) is 5.26 Å². The van der Waals surface area contributed by atoms with Gasteiger partial charge in [-0.15, -0.1) is 0 Å². The Morgan fingerprint density at radius 3 is 2.82 bits per heavy atom. The fourth-order valence-electron chi connectivity index (χ4n) is 1.40. The number of nitrogens with one attached hydrogen (secondary N) is 1. The largest absolute Gasteiger partial charge is 0.340 e. The van der Waals surface area contributed by atoms with E-state index in [1.54, 1.807) is 19.1 Å². The Bertz CT molecular complexity index is 589.